The van der Waals surface area contributed by atoms with Gasteiger partial charge in [0.05, 0.1) is 24.9 Å². The second-order valence-electron chi connectivity index (χ2n) is 5.37. The van der Waals surface area contributed by atoms with E-state index in [0.717, 1.165) is 12.4 Å². The number of aromatic nitrogens is 3. The molecule has 0 aliphatic carbocycles. The Kier molecular flexibility index (Phi) is 2.29. The Hall–Kier alpha value is -2.15. The molecule has 2 saturated heterocycles. The van der Waals surface area contributed by atoms with Crippen LogP contribution in [0.2, 0.25) is 0 Å². The molecule has 2 aliphatic rings. The van der Waals surface area contributed by atoms with Crippen molar-refractivity contribution in [2.45, 2.75) is 19.1 Å². The van der Waals surface area contributed by atoms with E-state index in [4.69, 9.17) is 9.84 Å². The van der Waals surface area contributed by atoms with Crippen LogP contribution in [0.1, 0.15) is 17.3 Å². The number of rotatable bonds is 2. The van der Waals surface area contributed by atoms with Gasteiger partial charge in [0.25, 0.3) is 0 Å². The van der Waals surface area contributed by atoms with E-state index in [0.29, 0.717) is 24.2 Å². The van der Waals surface area contributed by atoms with Crippen LogP contribution < -0.4 is 4.90 Å². The van der Waals surface area contributed by atoms with Crippen LogP contribution in [0.3, 0.4) is 0 Å². The van der Waals surface area contributed by atoms with Crippen LogP contribution in [-0.2, 0) is 4.74 Å². The van der Waals surface area contributed by atoms with E-state index in [1.165, 1.54) is 10.7 Å². The van der Waals surface area contributed by atoms with Gasteiger partial charge in [0, 0.05) is 18.7 Å². The number of carboxylic acids is 1. The Morgan fingerprint density at radius 1 is 1.55 bits per heavy atom. The molecule has 1 N–H and O–H groups in total. The van der Waals surface area contributed by atoms with E-state index in [-0.39, 0.29) is 11.7 Å². The predicted octanol–water partition coefficient (Wildman–Crippen LogP) is 0.651. The lowest BCUT2D eigenvalue weighted by molar-refractivity contribution is 0.0698. The van der Waals surface area contributed by atoms with Crippen molar-refractivity contribution in [3.63, 3.8) is 0 Å². The second-order valence-corrected chi connectivity index (χ2v) is 5.37. The summed E-state index contributed by atoms with van der Waals surface area (Å²) in [5.74, 6) is 0.268. The maximum atomic E-state index is 11.2. The van der Waals surface area contributed by atoms with Crippen LogP contribution in [0.25, 0.3) is 5.65 Å². The Labute approximate surface area is 114 Å². The van der Waals surface area contributed by atoms with Crippen LogP contribution in [0.15, 0.2) is 18.5 Å². The first-order chi connectivity index (χ1) is 9.65. The molecule has 104 valence electrons. The van der Waals surface area contributed by atoms with Crippen molar-refractivity contribution in [2.24, 2.45) is 5.92 Å². The summed E-state index contributed by atoms with van der Waals surface area (Å²) in [5, 5.41) is 13.1. The summed E-state index contributed by atoms with van der Waals surface area (Å²) >= 11 is 0. The van der Waals surface area contributed by atoms with Crippen molar-refractivity contribution in [1.82, 2.24) is 14.6 Å². The first-order valence-corrected chi connectivity index (χ1v) is 6.61. The third-order valence-corrected chi connectivity index (χ3v) is 4.33. The minimum absolute atomic E-state index is 0.125. The minimum atomic E-state index is -1.01. The third kappa shape index (κ3) is 1.46. The average Bonchev–Trinajstić information content (AvgIpc) is 3.10. The number of fused-ring (bicyclic) bond motifs is 3. The van der Waals surface area contributed by atoms with E-state index in [9.17, 15) is 4.79 Å². The van der Waals surface area contributed by atoms with Crippen molar-refractivity contribution in [2.75, 3.05) is 18.1 Å². The van der Waals surface area contributed by atoms with Crippen LogP contribution in [0, 0.1) is 5.92 Å². The zero-order chi connectivity index (χ0) is 13.9. The highest BCUT2D eigenvalue weighted by atomic mass is 16.5. The van der Waals surface area contributed by atoms with E-state index in [1.54, 1.807) is 6.20 Å². The molecule has 2 aromatic rings. The van der Waals surface area contributed by atoms with Gasteiger partial charge in [-0.1, -0.05) is 6.92 Å². The van der Waals surface area contributed by atoms with Gasteiger partial charge in [-0.25, -0.2) is 14.3 Å². The fraction of sp³-hybridized carbons (Fsp3) is 0.462. The number of morpholine rings is 1. The number of hydrogen-bond donors (Lipinski definition) is 1. The summed E-state index contributed by atoms with van der Waals surface area (Å²) in [5.41, 5.74) is 0.506. The molecule has 0 saturated carbocycles. The Balaban J connectivity index is 1.78. The summed E-state index contributed by atoms with van der Waals surface area (Å²) in [6.45, 7) is 3.71. The molecule has 2 fully saturated rings. The number of aromatic carboxylic acids is 1. The quantitative estimate of drug-likeness (QED) is 0.866. The number of hydrogen-bond acceptors (Lipinski definition) is 5. The molecule has 2 bridgehead atoms. The van der Waals surface area contributed by atoms with E-state index < -0.39 is 5.97 Å². The molecule has 0 spiro atoms. The average molecular weight is 274 g/mol. The summed E-state index contributed by atoms with van der Waals surface area (Å²) in [4.78, 5) is 17.8. The highest BCUT2D eigenvalue weighted by Gasteiger charge is 2.46. The van der Waals surface area contributed by atoms with E-state index >= 15 is 0 Å². The fourth-order valence-corrected chi connectivity index (χ4v) is 3.13. The fourth-order valence-electron chi connectivity index (χ4n) is 3.13. The standard InChI is InChI=1S/C13H14N4O3/c1-7-9-6-20-10(7)5-16(9)11-2-3-17-12(15-11)8(4-14-17)13(18)19/h2-4,7,9-10H,5-6H2,1H3,(H,18,19)/t7-,9+,10+/m1/s1. The van der Waals surface area contributed by atoms with Gasteiger partial charge in [-0.15, -0.1) is 0 Å². The highest BCUT2D eigenvalue weighted by Crippen LogP contribution is 2.36. The monoisotopic (exact) mass is 274 g/mol. The molecule has 7 heteroatoms. The molecule has 20 heavy (non-hydrogen) atoms. The maximum absolute atomic E-state index is 11.2. The van der Waals surface area contributed by atoms with Gasteiger partial charge in [-0.3, -0.25) is 0 Å². The summed E-state index contributed by atoms with van der Waals surface area (Å²) < 4.78 is 7.16. The molecule has 0 radical (unpaired) electrons. The van der Waals surface area contributed by atoms with Gasteiger partial charge < -0.3 is 14.7 Å². The predicted molar refractivity (Wildman–Crippen MR) is 70.0 cm³/mol. The Morgan fingerprint density at radius 3 is 3.05 bits per heavy atom. The summed E-state index contributed by atoms with van der Waals surface area (Å²) in [6, 6.07) is 2.20. The van der Waals surface area contributed by atoms with Gasteiger partial charge >= 0.3 is 5.97 Å². The van der Waals surface area contributed by atoms with Crippen LogP contribution >= 0.6 is 0 Å². The highest BCUT2D eigenvalue weighted by molar-refractivity contribution is 5.94. The zero-order valence-corrected chi connectivity index (χ0v) is 10.9. The van der Waals surface area contributed by atoms with Crippen molar-refractivity contribution >= 4 is 17.4 Å². The van der Waals surface area contributed by atoms with Gasteiger partial charge in [0.2, 0.25) is 0 Å². The van der Waals surface area contributed by atoms with Crippen molar-refractivity contribution in [3.05, 3.63) is 24.0 Å². The van der Waals surface area contributed by atoms with Gasteiger partial charge in [0.15, 0.2) is 5.65 Å². The van der Waals surface area contributed by atoms with Gasteiger partial charge in [-0.05, 0) is 6.07 Å². The molecule has 4 heterocycles. The number of anilines is 1. The number of ether oxygens (including phenoxy) is 1. The number of nitrogens with zero attached hydrogens (tertiary/aromatic N) is 4. The molecular weight excluding hydrogens is 260 g/mol. The lowest BCUT2D eigenvalue weighted by atomic mass is 10.1. The molecule has 2 aliphatic heterocycles. The Bertz CT molecular complexity index is 698. The van der Waals surface area contributed by atoms with Crippen LogP contribution in [0.5, 0.6) is 0 Å². The SMILES string of the molecule is C[C@H]1[C@@H]2CN(c3ccn4ncc(C(=O)O)c4n3)[C@H]1CO2. The lowest BCUT2D eigenvalue weighted by Crippen LogP contribution is -2.38. The first kappa shape index (κ1) is 11.7. The molecular formula is C13H14N4O3. The van der Waals surface area contributed by atoms with Gasteiger partial charge in [0.1, 0.15) is 11.4 Å². The molecule has 0 unspecified atom stereocenters. The van der Waals surface area contributed by atoms with E-state index in [2.05, 4.69) is 21.9 Å². The van der Waals surface area contributed by atoms with Crippen molar-refractivity contribution in [1.29, 1.82) is 0 Å². The van der Waals surface area contributed by atoms with E-state index in [1.807, 2.05) is 6.07 Å². The normalized spacial score (nSPS) is 28.4. The minimum Gasteiger partial charge on any atom is -0.477 e. The molecule has 2 aromatic heterocycles. The smallest absolute Gasteiger partial charge is 0.341 e. The number of carboxylic acid groups (broad SMARTS) is 1. The van der Waals surface area contributed by atoms with Crippen LogP contribution in [-0.4, -0.2) is 51.0 Å². The lowest BCUT2D eigenvalue weighted by Gasteiger charge is -2.28. The van der Waals surface area contributed by atoms with Crippen molar-refractivity contribution < 1.29 is 14.6 Å². The van der Waals surface area contributed by atoms with Crippen LogP contribution in [0.4, 0.5) is 5.82 Å². The number of carbonyl (C=O) groups is 1. The van der Waals surface area contributed by atoms with Crippen molar-refractivity contribution in [3.8, 4) is 0 Å². The van der Waals surface area contributed by atoms with Gasteiger partial charge in [-0.2, -0.15) is 5.10 Å². The first-order valence-electron chi connectivity index (χ1n) is 6.61. The molecule has 0 amide bonds. The Morgan fingerprint density at radius 2 is 2.40 bits per heavy atom. The molecule has 7 nitrogen and oxygen atoms in total. The third-order valence-electron chi connectivity index (χ3n) is 4.33. The zero-order valence-electron chi connectivity index (χ0n) is 10.9. The maximum Gasteiger partial charge on any atom is 0.341 e. The summed E-state index contributed by atoms with van der Waals surface area (Å²) in [6.07, 6.45) is 3.33. The molecule has 3 atom stereocenters. The molecule has 0 aromatic carbocycles. The summed E-state index contributed by atoms with van der Waals surface area (Å²) in [7, 11) is 0. The second kappa shape index (κ2) is 3.92. The largest absolute Gasteiger partial charge is 0.477 e. The topological polar surface area (TPSA) is 80.0 Å². The molecule has 4 rings (SSSR count).